The lowest BCUT2D eigenvalue weighted by molar-refractivity contribution is -0.158. The number of amides is 2. The van der Waals surface area contributed by atoms with Crippen LogP contribution >= 0.6 is 0 Å². The van der Waals surface area contributed by atoms with Crippen molar-refractivity contribution in [2.24, 2.45) is 5.92 Å². The molecule has 10 heteroatoms. The first-order valence-corrected chi connectivity index (χ1v) is 12.8. The Balaban J connectivity index is 2.10. The molecule has 2 amide bonds. The molecule has 184 valence electrons. The molecule has 9 nitrogen and oxygen atoms in total. The van der Waals surface area contributed by atoms with Gasteiger partial charge in [0.05, 0.1) is 25.3 Å². The zero-order valence-electron chi connectivity index (χ0n) is 19.6. The highest BCUT2D eigenvalue weighted by Gasteiger charge is 2.41. The summed E-state index contributed by atoms with van der Waals surface area (Å²) in [4.78, 5) is 39.3. The van der Waals surface area contributed by atoms with Gasteiger partial charge in [0.1, 0.15) is 12.2 Å². The van der Waals surface area contributed by atoms with E-state index >= 15 is 0 Å². The number of benzene rings is 1. The number of carbonyl (C=O) groups excluding carboxylic acids is 3. The second-order valence-corrected chi connectivity index (χ2v) is 10.8. The van der Waals surface area contributed by atoms with E-state index in [9.17, 15) is 22.8 Å². The number of nitrogens with zero attached hydrogens (tertiary/aromatic N) is 1. The van der Waals surface area contributed by atoms with Crippen molar-refractivity contribution in [2.75, 3.05) is 19.5 Å². The summed E-state index contributed by atoms with van der Waals surface area (Å²) in [5.74, 6) is -1.84. The van der Waals surface area contributed by atoms with Gasteiger partial charge in [-0.1, -0.05) is 36.8 Å². The van der Waals surface area contributed by atoms with E-state index in [-0.39, 0.29) is 26.1 Å². The summed E-state index contributed by atoms with van der Waals surface area (Å²) < 4.78 is 37.5. The molecule has 2 atom stereocenters. The minimum Gasteiger partial charge on any atom is -0.460 e. The van der Waals surface area contributed by atoms with E-state index in [0.717, 1.165) is 16.7 Å². The van der Waals surface area contributed by atoms with Gasteiger partial charge in [0.15, 0.2) is 0 Å². The zero-order chi connectivity index (χ0) is 24.6. The third-order valence-corrected chi connectivity index (χ3v) is 5.53. The summed E-state index contributed by atoms with van der Waals surface area (Å²) in [6, 6.07) is 8.98. The van der Waals surface area contributed by atoms with Crippen LogP contribution in [0.25, 0.3) is 0 Å². The molecule has 1 heterocycles. The maximum Gasteiger partial charge on any atom is 0.416 e. The summed E-state index contributed by atoms with van der Waals surface area (Å²) in [6.45, 7) is 5.27. The van der Waals surface area contributed by atoms with Crippen molar-refractivity contribution < 1.29 is 36.5 Å². The molecule has 2 rings (SSSR count). The Labute approximate surface area is 195 Å². The summed E-state index contributed by atoms with van der Waals surface area (Å²) in [5.41, 5.74) is 0.247. The summed E-state index contributed by atoms with van der Waals surface area (Å²) in [6.07, 6.45) is 1.57. The van der Waals surface area contributed by atoms with Gasteiger partial charge in [-0.15, -0.1) is 0 Å². The first kappa shape index (κ1) is 26.8. The molecule has 0 spiro atoms. The van der Waals surface area contributed by atoms with E-state index in [4.69, 9.17) is 13.7 Å². The summed E-state index contributed by atoms with van der Waals surface area (Å²) in [7, 11) is -3.55. The monoisotopic (exact) mass is 483 g/mol. The average molecular weight is 484 g/mol. The van der Waals surface area contributed by atoms with Gasteiger partial charge in [0, 0.05) is 5.92 Å². The molecule has 0 aromatic heterocycles. The van der Waals surface area contributed by atoms with Crippen LogP contribution < -0.4 is 0 Å². The molecule has 1 fully saturated rings. The van der Waals surface area contributed by atoms with Crippen LogP contribution in [-0.2, 0) is 39.8 Å². The molecule has 1 aromatic carbocycles. The number of imide groups is 1. The average Bonchev–Trinajstić information content (AvgIpc) is 3.04. The smallest absolute Gasteiger partial charge is 0.416 e. The van der Waals surface area contributed by atoms with Crippen molar-refractivity contribution in [3.63, 3.8) is 0 Å². The Morgan fingerprint density at radius 3 is 2.45 bits per heavy atom. The molecule has 1 aromatic rings. The van der Waals surface area contributed by atoms with Crippen LogP contribution in [0.4, 0.5) is 4.79 Å². The quantitative estimate of drug-likeness (QED) is 0.268. The van der Waals surface area contributed by atoms with Gasteiger partial charge in [-0.05, 0) is 45.6 Å². The molecule has 0 saturated carbocycles. The van der Waals surface area contributed by atoms with Crippen molar-refractivity contribution in [3.8, 4) is 0 Å². The lowest BCUT2D eigenvalue weighted by Crippen LogP contribution is -2.44. The van der Waals surface area contributed by atoms with E-state index < -0.39 is 45.6 Å². The van der Waals surface area contributed by atoms with Crippen LogP contribution in [0.2, 0.25) is 0 Å². The number of ether oxygens (including phenoxy) is 2. The lowest BCUT2D eigenvalue weighted by atomic mass is 9.95. The van der Waals surface area contributed by atoms with Gasteiger partial charge in [0.25, 0.3) is 10.1 Å². The number of unbranched alkanes of at least 4 members (excludes halogenated alkanes) is 1. The predicted molar refractivity (Wildman–Crippen MR) is 121 cm³/mol. The minimum atomic E-state index is -3.55. The molecule has 1 aliphatic heterocycles. The number of cyclic esters (lactones) is 1. The first-order chi connectivity index (χ1) is 15.4. The maximum atomic E-state index is 13.4. The van der Waals surface area contributed by atoms with Crippen molar-refractivity contribution >= 4 is 28.1 Å². The van der Waals surface area contributed by atoms with Gasteiger partial charge >= 0.3 is 12.1 Å². The lowest BCUT2D eigenvalue weighted by Gasteiger charge is -2.26. The molecule has 0 unspecified atom stereocenters. The molecule has 0 aliphatic carbocycles. The summed E-state index contributed by atoms with van der Waals surface area (Å²) in [5, 5.41) is 0. The third-order valence-electron chi connectivity index (χ3n) is 4.94. The molecular formula is C23H33NO8S. The Kier molecular flexibility index (Phi) is 9.42. The van der Waals surface area contributed by atoms with Crippen LogP contribution in [0.5, 0.6) is 0 Å². The number of carbonyl (C=O) groups is 3. The number of rotatable bonds is 11. The SMILES string of the molecule is CC(C)(C)OC(=O)C[C@@H](CCCCOS(C)(=O)=O)C(=O)N1C(=O)OC[C@@H]1Cc1ccccc1. The number of hydrogen-bond donors (Lipinski definition) is 0. The fraction of sp³-hybridized carbons (Fsp3) is 0.609. The first-order valence-electron chi connectivity index (χ1n) is 11.0. The largest absolute Gasteiger partial charge is 0.460 e. The van der Waals surface area contributed by atoms with Crippen molar-refractivity contribution in [1.29, 1.82) is 0 Å². The fourth-order valence-corrected chi connectivity index (χ4v) is 3.98. The Morgan fingerprint density at radius 1 is 1.18 bits per heavy atom. The van der Waals surface area contributed by atoms with Crippen molar-refractivity contribution in [1.82, 2.24) is 4.90 Å². The van der Waals surface area contributed by atoms with Crippen LogP contribution in [0.3, 0.4) is 0 Å². The second kappa shape index (κ2) is 11.6. The zero-order valence-corrected chi connectivity index (χ0v) is 20.4. The van der Waals surface area contributed by atoms with E-state index in [0.29, 0.717) is 19.3 Å². The van der Waals surface area contributed by atoms with Crippen molar-refractivity contribution in [3.05, 3.63) is 35.9 Å². The highest BCUT2D eigenvalue weighted by Crippen LogP contribution is 2.25. The van der Waals surface area contributed by atoms with E-state index in [1.807, 2.05) is 30.3 Å². The second-order valence-electron chi connectivity index (χ2n) is 9.14. The minimum absolute atomic E-state index is 0.0193. The molecule has 0 radical (unpaired) electrons. The van der Waals surface area contributed by atoms with E-state index in [1.54, 1.807) is 20.8 Å². The highest BCUT2D eigenvalue weighted by atomic mass is 32.2. The number of esters is 1. The fourth-order valence-electron chi connectivity index (χ4n) is 3.56. The van der Waals surface area contributed by atoms with Gasteiger partial charge in [-0.25, -0.2) is 9.69 Å². The molecule has 0 N–H and O–H groups in total. The summed E-state index contributed by atoms with van der Waals surface area (Å²) >= 11 is 0. The van der Waals surface area contributed by atoms with Crippen LogP contribution in [0.1, 0.15) is 52.0 Å². The standard InChI is InChI=1S/C23H33NO8S/c1-23(2,3)32-20(25)15-18(12-8-9-13-31-33(4,28)29)21(26)24-19(16-30-22(24)27)14-17-10-6-5-7-11-17/h5-7,10-11,18-19H,8-9,12-16H2,1-4H3/t18-,19+/m1/s1. The molecular weight excluding hydrogens is 450 g/mol. The molecule has 0 bridgehead atoms. The topological polar surface area (TPSA) is 116 Å². The van der Waals surface area contributed by atoms with Crippen LogP contribution in [0.15, 0.2) is 30.3 Å². The number of hydrogen-bond acceptors (Lipinski definition) is 8. The van der Waals surface area contributed by atoms with Gasteiger partial charge in [-0.3, -0.25) is 13.8 Å². The van der Waals surface area contributed by atoms with E-state index in [2.05, 4.69) is 0 Å². The molecule has 1 saturated heterocycles. The predicted octanol–water partition coefficient (Wildman–Crippen LogP) is 3.07. The Hall–Kier alpha value is -2.46. The van der Waals surface area contributed by atoms with Crippen molar-refractivity contribution in [2.45, 2.75) is 64.5 Å². The van der Waals surface area contributed by atoms with Gasteiger partial charge in [0.2, 0.25) is 5.91 Å². The van der Waals surface area contributed by atoms with Gasteiger partial charge < -0.3 is 9.47 Å². The normalized spacial score (nSPS) is 17.5. The highest BCUT2D eigenvalue weighted by molar-refractivity contribution is 7.85. The Bertz CT molecular complexity index is 924. The molecule has 1 aliphatic rings. The van der Waals surface area contributed by atoms with Crippen LogP contribution in [-0.4, -0.2) is 62.4 Å². The Morgan fingerprint density at radius 2 is 1.85 bits per heavy atom. The van der Waals surface area contributed by atoms with Gasteiger partial charge in [-0.2, -0.15) is 8.42 Å². The maximum absolute atomic E-state index is 13.4. The third kappa shape index (κ3) is 9.51. The molecule has 33 heavy (non-hydrogen) atoms. The van der Waals surface area contributed by atoms with Crippen LogP contribution in [0, 0.1) is 5.92 Å². The van der Waals surface area contributed by atoms with E-state index in [1.165, 1.54) is 0 Å².